The van der Waals surface area contributed by atoms with Gasteiger partial charge in [-0.3, -0.25) is 9.59 Å². The Kier molecular flexibility index (Phi) is 6.21. The summed E-state index contributed by atoms with van der Waals surface area (Å²) in [4.78, 5) is 26.2. The van der Waals surface area contributed by atoms with E-state index in [1.54, 1.807) is 31.1 Å². The predicted molar refractivity (Wildman–Crippen MR) is 99.0 cm³/mol. The molecule has 0 aliphatic carbocycles. The van der Waals surface area contributed by atoms with Crippen molar-refractivity contribution in [2.75, 3.05) is 40.0 Å². The number of carbonyl (C=O) groups excluding carboxylic acids is 2. The molecule has 0 N–H and O–H groups in total. The Bertz CT molecular complexity index is 712. The molecule has 27 heavy (non-hydrogen) atoms. The fraction of sp³-hybridized carbons (Fsp3) is 0.500. The Morgan fingerprint density at radius 2 is 2.11 bits per heavy atom. The van der Waals surface area contributed by atoms with Gasteiger partial charge >= 0.3 is 5.97 Å². The first kappa shape index (κ1) is 19.1. The number of esters is 1. The van der Waals surface area contributed by atoms with Crippen molar-refractivity contribution >= 4 is 18.0 Å². The van der Waals surface area contributed by atoms with Crippen molar-refractivity contribution in [3.63, 3.8) is 0 Å². The van der Waals surface area contributed by atoms with Crippen LogP contribution in [0.5, 0.6) is 17.2 Å². The van der Waals surface area contributed by atoms with Gasteiger partial charge in [-0.15, -0.1) is 0 Å². The lowest BCUT2D eigenvalue weighted by atomic mass is 9.98. The maximum atomic E-state index is 12.5. The van der Waals surface area contributed by atoms with Crippen molar-refractivity contribution in [1.29, 1.82) is 0 Å². The molecule has 0 aromatic heterocycles. The monoisotopic (exact) mass is 375 g/mol. The molecule has 1 amide bonds. The zero-order valence-electron chi connectivity index (χ0n) is 15.7. The Hall–Kier alpha value is -2.70. The fourth-order valence-corrected chi connectivity index (χ4v) is 3.29. The molecular weight excluding hydrogens is 350 g/mol. The van der Waals surface area contributed by atoms with E-state index in [-0.39, 0.29) is 17.8 Å². The highest BCUT2D eigenvalue weighted by Gasteiger charge is 2.28. The van der Waals surface area contributed by atoms with Gasteiger partial charge in [0.1, 0.15) is 13.2 Å². The number of likely N-dealkylation sites (tertiary alicyclic amines) is 1. The molecule has 1 aromatic carbocycles. The van der Waals surface area contributed by atoms with Crippen molar-refractivity contribution in [2.45, 2.75) is 19.8 Å². The Morgan fingerprint density at radius 1 is 1.30 bits per heavy atom. The van der Waals surface area contributed by atoms with Gasteiger partial charge in [-0.2, -0.15) is 0 Å². The molecule has 7 nitrogen and oxygen atoms in total. The van der Waals surface area contributed by atoms with Crippen LogP contribution < -0.4 is 14.2 Å². The van der Waals surface area contributed by atoms with E-state index >= 15 is 0 Å². The number of hydrogen-bond acceptors (Lipinski definition) is 6. The molecule has 1 saturated heterocycles. The largest absolute Gasteiger partial charge is 0.493 e. The van der Waals surface area contributed by atoms with Crippen LogP contribution in [0.4, 0.5) is 0 Å². The maximum Gasteiger partial charge on any atom is 0.310 e. The average molecular weight is 375 g/mol. The van der Waals surface area contributed by atoms with E-state index in [4.69, 9.17) is 18.9 Å². The molecule has 146 valence electrons. The summed E-state index contributed by atoms with van der Waals surface area (Å²) in [7, 11) is 1.56. The van der Waals surface area contributed by atoms with Gasteiger partial charge in [0.2, 0.25) is 11.7 Å². The van der Waals surface area contributed by atoms with Crippen LogP contribution in [-0.4, -0.2) is 56.8 Å². The first-order valence-corrected chi connectivity index (χ1v) is 9.23. The van der Waals surface area contributed by atoms with Crippen LogP contribution >= 0.6 is 0 Å². The summed E-state index contributed by atoms with van der Waals surface area (Å²) in [5.41, 5.74) is 0.781. The number of fused-ring (bicyclic) bond motifs is 1. The highest BCUT2D eigenvalue weighted by Crippen LogP contribution is 2.40. The second-order valence-electron chi connectivity index (χ2n) is 6.46. The number of hydrogen-bond donors (Lipinski definition) is 0. The summed E-state index contributed by atoms with van der Waals surface area (Å²) in [6.07, 6.45) is 4.78. The third kappa shape index (κ3) is 4.53. The summed E-state index contributed by atoms with van der Waals surface area (Å²) in [5, 5.41) is 0. The van der Waals surface area contributed by atoms with Crippen LogP contribution in [0, 0.1) is 5.92 Å². The fourth-order valence-electron chi connectivity index (χ4n) is 3.29. The van der Waals surface area contributed by atoms with Crippen LogP contribution in [0.3, 0.4) is 0 Å². The second kappa shape index (κ2) is 8.79. The minimum absolute atomic E-state index is 0.127. The van der Waals surface area contributed by atoms with Gasteiger partial charge < -0.3 is 23.8 Å². The van der Waals surface area contributed by atoms with E-state index in [9.17, 15) is 9.59 Å². The molecule has 0 radical (unpaired) electrons. The van der Waals surface area contributed by atoms with Gasteiger partial charge in [-0.25, -0.2) is 0 Å². The molecule has 2 aliphatic heterocycles. The standard InChI is InChI=1S/C20H25NO6/c1-3-25-20(23)15-5-4-8-21(13-15)18(22)7-6-14-11-16(24-2)19-17(12-14)26-9-10-27-19/h6-7,11-12,15H,3-5,8-10,13H2,1-2H3. The molecule has 1 unspecified atom stereocenters. The number of rotatable bonds is 5. The normalized spacial score (nSPS) is 19.0. The summed E-state index contributed by atoms with van der Waals surface area (Å²) < 4.78 is 21.6. The maximum absolute atomic E-state index is 12.5. The van der Waals surface area contributed by atoms with Crippen molar-refractivity contribution in [3.8, 4) is 17.2 Å². The van der Waals surface area contributed by atoms with Crippen LogP contribution in [0.1, 0.15) is 25.3 Å². The number of piperidine rings is 1. The first-order valence-electron chi connectivity index (χ1n) is 9.23. The summed E-state index contributed by atoms with van der Waals surface area (Å²) in [6, 6.07) is 3.62. The minimum Gasteiger partial charge on any atom is -0.493 e. The molecule has 0 bridgehead atoms. The molecule has 3 rings (SSSR count). The summed E-state index contributed by atoms with van der Waals surface area (Å²) in [6.45, 7) is 4.14. The topological polar surface area (TPSA) is 74.3 Å². The van der Waals surface area contributed by atoms with Crippen molar-refractivity contribution < 1.29 is 28.5 Å². The third-order valence-corrected chi connectivity index (χ3v) is 4.62. The van der Waals surface area contributed by atoms with Crippen molar-refractivity contribution in [1.82, 2.24) is 4.90 Å². The Labute approximate surface area is 158 Å². The highest BCUT2D eigenvalue weighted by atomic mass is 16.6. The zero-order chi connectivity index (χ0) is 19.2. The molecular formula is C20H25NO6. The third-order valence-electron chi connectivity index (χ3n) is 4.62. The van der Waals surface area contributed by atoms with Crippen molar-refractivity contribution in [3.05, 3.63) is 23.8 Å². The lowest BCUT2D eigenvalue weighted by molar-refractivity contribution is -0.150. The van der Waals surface area contributed by atoms with Gasteiger partial charge in [0.25, 0.3) is 0 Å². The molecule has 0 spiro atoms. The molecule has 1 fully saturated rings. The smallest absolute Gasteiger partial charge is 0.310 e. The van der Waals surface area contributed by atoms with Gasteiger partial charge in [0.05, 0.1) is 19.6 Å². The van der Waals surface area contributed by atoms with E-state index in [1.807, 2.05) is 6.07 Å². The zero-order valence-corrected chi connectivity index (χ0v) is 15.7. The minimum atomic E-state index is -0.245. The van der Waals surface area contributed by atoms with E-state index in [1.165, 1.54) is 6.08 Å². The van der Waals surface area contributed by atoms with Crippen LogP contribution in [0.2, 0.25) is 0 Å². The lowest BCUT2D eigenvalue weighted by Crippen LogP contribution is -2.42. The number of nitrogens with zero attached hydrogens (tertiary/aromatic N) is 1. The van der Waals surface area contributed by atoms with Crippen molar-refractivity contribution in [2.24, 2.45) is 5.92 Å². The predicted octanol–water partition coefficient (Wildman–Crippen LogP) is 2.28. The van der Waals surface area contributed by atoms with Gasteiger partial charge in [0, 0.05) is 19.2 Å². The number of benzene rings is 1. The number of amides is 1. The molecule has 2 heterocycles. The lowest BCUT2D eigenvalue weighted by Gasteiger charge is -2.30. The Balaban J connectivity index is 1.68. The number of carbonyl (C=O) groups is 2. The van der Waals surface area contributed by atoms with Crippen LogP contribution in [0.25, 0.3) is 6.08 Å². The number of methoxy groups -OCH3 is 1. The highest BCUT2D eigenvalue weighted by molar-refractivity contribution is 5.92. The molecule has 2 aliphatic rings. The number of ether oxygens (including phenoxy) is 4. The van der Waals surface area contributed by atoms with E-state index in [2.05, 4.69) is 0 Å². The SMILES string of the molecule is CCOC(=O)C1CCCN(C(=O)C=Cc2cc(OC)c3c(c2)OCCO3)C1. The van der Waals surface area contributed by atoms with E-state index < -0.39 is 0 Å². The molecule has 1 atom stereocenters. The summed E-state index contributed by atoms with van der Waals surface area (Å²) in [5.74, 6) is 1.16. The molecule has 7 heteroatoms. The van der Waals surface area contributed by atoms with E-state index in [0.29, 0.717) is 50.2 Å². The Morgan fingerprint density at radius 3 is 2.89 bits per heavy atom. The molecule has 0 saturated carbocycles. The van der Waals surface area contributed by atoms with Gasteiger partial charge in [0.15, 0.2) is 11.5 Å². The van der Waals surface area contributed by atoms with Gasteiger partial charge in [-0.05, 0) is 43.5 Å². The summed E-state index contributed by atoms with van der Waals surface area (Å²) >= 11 is 0. The first-order chi connectivity index (χ1) is 13.1. The van der Waals surface area contributed by atoms with Crippen LogP contribution in [-0.2, 0) is 14.3 Å². The molecule has 1 aromatic rings. The van der Waals surface area contributed by atoms with Gasteiger partial charge in [-0.1, -0.05) is 0 Å². The second-order valence-corrected chi connectivity index (χ2v) is 6.46. The quantitative estimate of drug-likeness (QED) is 0.581. The average Bonchev–Trinajstić information content (AvgIpc) is 2.71. The van der Waals surface area contributed by atoms with E-state index in [0.717, 1.165) is 18.4 Å². The van der Waals surface area contributed by atoms with Crippen LogP contribution in [0.15, 0.2) is 18.2 Å².